The van der Waals surface area contributed by atoms with Crippen LogP contribution in [-0.2, 0) is 6.54 Å². The second-order valence-corrected chi connectivity index (χ2v) is 10.1. The number of carboxylic acids is 1. The van der Waals surface area contributed by atoms with Crippen LogP contribution >= 0.6 is 11.6 Å². The third-order valence-corrected chi connectivity index (χ3v) is 7.25. The molecule has 0 bridgehead atoms. The van der Waals surface area contributed by atoms with E-state index in [2.05, 4.69) is 22.0 Å². The van der Waals surface area contributed by atoms with E-state index in [1.54, 1.807) is 4.57 Å². The van der Waals surface area contributed by atoms with Crippen molar-refractivity contribution in [3.63, 3.8) is 0 Å². The van der Waals surface area contributed by atoms with E-state index in [4.69, 9.17) is 11.6 Å². The van der Waals surface area contributed by atoms with Gasteiger partial charge in [-0.15, -0.1) is 0 Å². The number of likely N-dealkylation sites (N-methyl/N-ethyl adjacent to an activating group) is 1. The molecule has 5 rings (SSSR count). The van der Waals surface area contributed by atoms with Gasteiger partial charge in [-0.05, 0) is 44.4 Å². The summed E-state index contributed by atoms with van der Waals surface area (Å²) in [4.78, 5) is 32.8. The SMILES string of the molecule is CN(CC(Cl)=C1CCN(c2nc3c(cc2F)c(=O)c(C(=O)O)cn3C2CC2)CC1)Cc1ccccc1. The zero-order valence-electron chi connectivity index (χ0n) is 20.1. The van der Waals surface area contributed by atoms with Gasteiger partial charge in [-0.2, -0.15) is 0 Å². The Hall–Kier alpha value is -3.23. The van der Waals surface area contributed by atoms with E-state index < -0.39 is 17.2 Å². The van der Waals surface area contributed by atoms with Crippen molar-refractivity contribution in [2.45, 2.75) is 38.3 Å². The van der Waals surface area contributed by atoms with Gasteiger partial charge in [-0.3, -0.25) is 9.69 Å². The Balaban J connectivity index is 1.34. The van der Waals surface area contributed by atoms with Crippen LogP contribution in [0, 0.1) is 5.82 Å². The molecular formula is C27H28ClFN4O3. The Bertz CT molecular complexity index is 1390. The average molecular weight is 511 g/mol. The van der Waals surface area contributed by atoms with Gasteiger partial charge in [-0.25, -0.2) is 14.2 Å². The van der Waals surface area contributed by atoms with Crippen molar-refractivity contribution in [3.05, 3.63) is 80.4 Å². The smallest absolute Gasteiger partial charge is 0.341 e. The van der Waals surface area contributed by atoms with E-state index in [1.165, 1.54) is 11.8 Å². The van der Waals surface area contributed by atoms with Crippen LogP contribution in [0.15, 0.2) is 58.0 Å². The molecule has 2 aromatic heterocycles. The molecule has 1 N–H and O–H groups in total. The second kappa shape index (κ2) is 10.0. The molecule has 2 fully saturated rings. The molecule has 0 spiro atoms. The molecule has 0 unspecified atom stereocenters. The maximum absolute atomic E-state index is 15.2. The second-order valence-electron chi connectivity index (χ2n) is 9.63. The van der Waals surface area contributed by atoms with Crippen LogP contribution in [0.4, 0.5) is 10.2 Å². The maximum Gasteiger partial charge on any atom is 0.341 e. The third kappa shape index (κ3) is 5.01. The molecule has 1 saturated heterocycles. The highest BCUT2D eigenvalue weighted by Crippen LogP contribution is 2.37. The number of pyridine rings is 2. The molecule has 9 heteroatoms. The molecule has 1 aliphatic heterocycles. The Morgan fingerprint density at radius 2 is 1.92 bits per heavy atom. The Morgan fingerprint density at radius 3 is 2.56 bits per heavy atom. The quantitative estimate of drug-likeness (QED) is 0.492. The lowest BCUT2D eigenvalue weighted by atomic mass is 10.0. The van der Waals surface area contributed by atoms with E-state index in [-0.39, 0.29) is 22.8 Å². The van der Waals surface area contributed by atoms with Gasteiger partial charge in [0.15, 0.2) is 11.6 Å². The first-order valence-corrected chi connectivity index (χ1v) is 12.5. The lowest BCUT2D eigenvalue weighted by Crippen LogP contribution is -2.33. The van der Waals surface area contributed by atoms with Crippen molar-refractivity contribution in [1.29, 1.82) is 0 Å². The van der Waals surface area contributed by atoms with E-state index in [1.807, 2.05) is 30.1 Å². The number of hydrogen-bond donors (Lipinski definition) is 1. The number of carbonyl (C=O) groups is 1. The van der Waals surface area contributed by atoms with Gasteiger partial charge in [0.1, 0.15) is 11.2 Å². The number of aromatic nitrogens is 2. The predicted molar refractivity (Wildman–Crippen MR) is 138 cm³/mol. The van der Waals surface area contributed by atoms with Gasteiger partial charge < -0.3 is 14.6 Å². The highest BCUT2D eigenvalue weighted by Gasteiger charge is 2.29. The van der Waals surface area contributed by atoms with Gasteiger partial charge in [0, 0.05) is 43.4 Å². The summed E-state index contributed by atoms with van der Waals surface area (Å²) in [6.45, 7) is 2.57. The van der Waals surface area contributed by atoms with Crippen molar-refractivity contribution in [1.82, 2.24) is 14.5 Å². The fourth-order valence-corrected chi connectivity index (χ4v) is 5.20. The fraction of sp³-hybridized carbons (Fsp3) is 0.370. The molecule has 1 aliphatic carbocycles. The number of fused-ring (bicyclic) bond motifs is 1. The van der Waals surface area contributed by atoms with Gasteiger partial charge in [0.25, 0.3) is 0 Å². The summed E-state index contributed by atoms with van der Waals surface area (Å²) < 4.78 is 16.9. The number of piperidine rings is 1. The highest BCUT2D eigenvalue weighted by molar-refractivity contribution is 6.30. The Labute approximate surface area is 213 Å². The van der Waals surface area contributed by atoms with Crippen LogP contribution < -0.4 is 10.3 Å². The number of hydrogen-bond acceptors (Lipinski definition) is 5. The molecule has 188 valence electrons. The van der Waals surface area contributed by atoms with E-state index >= 15 is 4.39 Å². The van der Waals surface area contributed by atoms with Gasteiger partial charge >= 0.3 is 5.97 Å². The minimum absolute atomic E-state index is 0.00476. The number of nitrogens with zero attached hydrogens (tertiary/aromatic N) is 4. The first kappa shape index (κ1) is 24.5. The van der Waals surface area contributed by atoms with Crippen molar-refractivity contribution < 1.29 is 14.3 Å². The van der Waals surface area contributed by atoms with E-state index in [0.29, 0.717) is 38.1 Å². The standard InChI is InChI=1S/C27H28ClFN4O3/c1-31(14-17-5-3-2-4-6-17)16-22(28)18-9-11-32(12-10-18)26-23(29)13-20-24(34)21(27(35)36)15-33(19-7-8-19)25(20)30-26/h2-6,13,15,19H,7-12,14,16H2,1H3,(H,35,36). The van der Waals surface area contributed by atoms with Crippen molar-refractivity contribution in [2.24, 2.45) is 0 Å². The molecule has 0 amide bonds. The summed E-state index contributed by atoms with van der Waals surface area (Å²) in [7, 11) is 2.04. The zero-order valence-corrected chi connectivity index (χ0v) is 20.8. The Morgan fingerprint density at radius 1 is 1.22 bits per heavy atom. The lowest BCUT2D eigenvalue weighted by Gasteiger charge is -2.31. The van der Waals surface area contributed by atoms with Crippen LogP contribution in [0.2, 0.25) is 0 Å². The first-order valence-electron chi connectivity index (χ1n) is 12.1. The number of aromatic carboxylic acids is 1. The largest absolute Gasteiger partial charge is 0.477 e. The summed E-state index contributed by atoms with van der Waals surface area (Å²) >= 11 is 6.69. The molecule has 36 heavy (non-hydrogen) atoms. The minimum atomic E-state index is -1.32. The summed E-state index contributed by atoms with van der Waals surface area (Å²) in [6, 6.07) is 11.4. The maximum atomic E-state index is 15.2. The minimum Gasteiger partial charge on any atom is -0.477 e. The summed E-state index contributed by atoms with van der Waals surface area (Å²) in [5, 5.41) is 10.3. The van der Waals surface area contributed by atoms with Gasteiger partial charge in [-0.1, -0.05) is 47.5 Å². The zero-order chi connectivity index (χ0) is 25.4. The molecule has 3 heterocycles. The molecule has 3 aromatic rings. The molecular weight excluding hydrogens is 483 g/mol. The predicted octanol–water partition coefficient (Wildman–Crippen LogP) is 4.79. The third-order valence-electron chi connectivity index (χ3n) is 6.86. The van der Waals surface area contributed by atoms with Crippen molar-refractivity contribution >= 4 is 34.4 Å². The Kier molecular flexibility index (Phi) is 6.81. The van der Waals surface area contributed by atoms with Gasteiger partial charge in [0.05, 0.1) is 5.39 Å². The molecule has 2 aliphatic rings. The van der Waals surface area contributed by atoms with Crippen molar-refractivity contribution in [3.8, 4) is 0 Å². The average Bonchev–Trinajstić information content (AvgIpc) is 3.70. The molecule has 0 atom stereocenters. The lowest BCUT2D eigenvalue weighted by molar-refractivity contribution is 0.0695. The summed E-state index contributed by atoms with van der Waals surface area (Å²) in [5.74, 6) is -1.75. The van der Waals surface area contributed by atoms with Crippen LogP contribution in [0.25, 0.3) is 11.0 Å². The van der Waals surface area contributed by atoms with Gasteiger partial charge in [0.2, 0.25) is 5.43 Å². The van der Waals surface area contributed by atoms with E-state index in [0.717, 1.165) is 36.1 Å². The van der Waals surface area contributed by atoms with Crippen LogP contribution in [0.3, 0.4) is 0 Å². The number of halogens is 2. The van der Waals surface area contributed by atoms with Crippen LogP contribution in [-0.4, -0.2) is 52.2 Å². The number of benzene rings is 1. The number of rotatable bonds is 7. The number of anilines is 1. The van der Waals surface area contributed by atoms with Crippen LogP contribution in [0.5, 0.6) is 0 Å². The molecule has 1 aromatic carbocycles. The molecule has 1 saturated carbocycles. The molecule has 0 radical (unpaired) electrons. The first-order chi connectivity index (χ1) is 17.3. The summed E-state index contributed by atoms with van der Waals surface area (Å²) in [6.07, 6.45) is 4.50. The monoisotopic (exact) mass is 510 g/mol. The van der Waals surface area contributed by atoms with Crippen molar-refractivity contribution in [2.75, 3.05) is 31.6 Å². The fourth-order valence-electron chi connectivity index (χ4n) is 4.80. The topological polar surface area (TPSA) is 78.7 Å². The summed E-state index contributed by atoms with van der Waals surface area (Å²) in [5.41, 5.74) is 1.66. The number of carboxylic acid groups (broad SMARTS) is 1. The highest BCUT2D eigenvalue weighted by atomic mass is 35.5. The normalized spacial score (nSPS) is 16.1. The van der Waals surface area contributed by atoms with Crippen LogP contribution in [0.1, 0.15) is 47.6 Å². The van der Waals surface area contributed by atoms with E-state index in [9.17, 15) is 14.7 Å². The molecule has 7 nitrogen and oxygen atoms in total.